The van der Waals surface area contributed by atoms with E-state index in [0.717, 1.165) is 30.0 Å². The fourth-order valence-corrected chi connectivity index (χ4v) is 5.02. The summed E-state index contributed by atoms with van der Waals surface area (Å²) in [5.41, 5.74) is 1.59. The van der Waals surface area contributed by atoms with Crippen molar-refractivity contribution in [1.82, 2.24) is 14.8 Å². The van der Waals surface area contributed by atoms with Gasteiger partial charge in [0.2, 0.25) is 5.91 Å². The number of anilines is 2. The first kappa shape index (κ1) is 27.0. The van der Waals surface area contributed by atoms with E-state index in [-0.39, 0.29) is 33.9 Å². The molecule has 1 aliphatic rings. The summed E-state index contributed by atoms with van der Waals surface area (Å²) in [6.07, 6.45) is -2.00. The van der Waals surface area contributed by atoms with Crippen molar-refractivity contribution in [2.45, 2.75) is 6.36 Å². The maximum Gasteiger partial charge on any atom is 0.573 e. The molecule has 0 radical (unpaired) electrons. The van der Waals surface area contributed by atoms with E-state index in [1.807, 2.05) is 0 Å². The molecule has 5 aromatic rings. The van der Waals surface area contributed by atoms with E-state index in [0.29, 0.717) is 22.3 Å². The Hall–Kier alpha value is -5.18. The maximum atomic E-state index is 15.0. The number of carbonyl (C=O) groups is 2. The third-order valence-electron chi connectivity index (χ3n) is 5.97. The molecule has 1 fully saturated rings. The Morgan fingerprint density at radius 2 is 1.90 bits per heavy atom. The zero-order valence-corrected chi connectivity index (χ0v) is 21.8. The van der Waals surface area contributed by atoms with Crippen molar-refractivity contribution in [3.05, 3.63) is 85.1 Å². The highest BCUT2D eigenvalue weighted by Gasteiger charge is 2.32. The van der Waals surface area contributed by atoms with Crippen molar-refractivity contribution in [3.63, 3.8) is 0 Å². The molecule has 0 bridgehead atoms. The smallest absolute Gasteiger partial charge is 0.464 e. The Balaban J connectivity index is 1.17. The number of amidine groups is 1. The number of rotatable bonds is 5. The van der Waals surface area contributed by atoms with Crippen LogP contribution in [0, 0.1) is 5.82 Å². The molecule has 0 saturated carbocycles. The normalized spacial score (nSPS) is 14.6. The van der Waals surface area contributed by atoms with Crippen LogP contribution in [0.25, 0.3) is 28.0 Å². The van der Waals surface area contributed by atoms with Crippen molar-refractivity contribution in [2.75, 3.05) is 16.0 Å². The highest BCUT2D eigenvalue weighted by atomic mass is 32.2. The SMILES string of the molecule is O=C(N=C1SCC(=O)N1c1cccc2occc12)Nc1ccc(-c2ncn(-c3ccc(OC(F)(F)F)cc3)n2)cc1F. The van der Waals surface area contributed by atoms with Gasteiger partial charge in [0.1, 0.15) is 23.5 Å². The molecule has 1 N–H and O–H groups in total. The van der Waals surface area contributed by atoms with Crippen LogP contribution in [0.2, 0.25) is 0 Å². The van der Waals surface area contributed by atoms with Gasteiger partial charge in [-0.25, -0.2) is 18.9 Å². The van der Waals surface area contributed by atoms with E-state index in [1.165, 1.54) is 46.4 Å². The summed E-state index contributed by atoms with van der Waals surface area (Å²) < 4.78 is 62.6. The summed E-state index contributed by atoms with van der Waals surface area (Å²) in [5.74, 6) is -1.24. The number of hydrogen-bond donors (Lipinski definition) is 1. The number of nitrogens with zero attached hydrogens (tertiary/aromatic N) is 5. The van der Waals surface area contributed by atoms with Crippen LogP contribution >= 0.6 is 11.8 Å². The highest BCUT2D eigenvalue weighted by molar-refractivity contribution is 8.15. The lowest BCUT2D eigenvalue weighted by molar-refractivity contribution is -0.274. The minimum atomic E-state index is -4.81. The second-order valence-electron chi connectivity index (χ2n) is 8.70. The summed E-state index contributed by atoms with van der Waals surface area (Å²) in [7, 11) is 0. The van der Waals surface area contributed by atoms with Crippen LogP contribution in [-0.2, 0) is 4.79 Å². The predicted octanol–water partition coefficient (Wildman–Crippen LogP) is 6.39. The number of nitrogens with one attached hydrogen (secondary N) is 1. The van der Waals surface area contributed by atoms with Gasteiger partial charge in [-0.05, 0) is 60.7 Å². The second kappa shape index (κ2) is 10.7. The van der Waals surface area contributed by atoms with Gasteiger partial charge in [0.15, 0.2) is 11.0 Å². The van der Waals surface area contributed by atoms with Crippen LogP contribution in [0.5, 0.6) is 5.75 Å². The summed E-state index contributed by atoms with van der Waals surface area (Å²) in [5, 5.41) is 7.42. The number of thioether (sulfide) groups is 1. The molecule has 15 heteroatoms. The molecule has 0 aliphatic carbocycles. The lowest BCUT2D eigenvalue weighted by atomic mass is 10.2. The van der Waals surface area contributed by atoms with Crippen molar-refractivity contribution >= 4 is 51.2 Å². The average Bonchev–Trinajstić information content (AvgIpc) is 3.70. The molecule has 0 unspecified atom stereocenters. The number of alkyl halides is 3. The fraction of sp³-hybridized carbons (Fsp3) is 0.0741. The van der Waals surface area contributed by atoms with Crippen LogP contribution in [0.4, 0.5) is 33.7 Å². The number of urea groups is 1. The van der Waals surface area contributed by atoms with Gasteiger partial charge < -0.3 is 14.5 Å². The highest BCUT2D eigenvalue weighted by Crippen LogP contribution is 2.33. The minimum absolute atomic E-state index is 0.0779. The van der Waals surface area contributed by atoms with Crippen molar-refractivity contribution in [3.8, 4) is 22.8 Å². The molecule has 1 saturated heterocycles. The Morgan fingerprint density at radius 1 is 1.10 bits per heavy atom. The quantitative estimate of drug-likeness (QED) is 0.234. The summed E-state index contributed by atoms with van der Waals surface area (Å²) in [6.45, 7) is 0. The van der Waals surface area contributed by atoms with Crippen molar-refractivity contribution < 1.29 is 36.3 Å². The molecule has 3 aromatic carbocycles. The minimum Gasteiger partial charge on any atom is -0.464 e. The number of amides is 3. The third-order valence-corrected chi connectivity index (χ3v) is 6.90. The van der Waals surface area contributed by atoms with E-state index in [1.54, 1.807) is 24.3 Å². The van der Waals surface area contributed by atoms with Gasteiger partial charge in [-0.2, -0.15) is 4.99 Å². The molecular weight excluding hydrogens is 580 g/mol. The molecule has 10 nitrogen and oxygen atoms in total. The van der Waals surface area contributed by atoms with Gasteiger partial charge in [0.05, 0.1) is 29.1 Å². The number of fused-ring (bicyclic) bond motifs is 1. The van der Waals surface area contributed by atoms with Gasteiger partial charge in [0.25, 0.3) is 0 Å². The van der Waals surface area contributed by atoms with Crippen LogP contribution in [-0.4, -0.2) is 44.0 Å². The predicted molar refractivity (Wildman–Crippen MR) is 146 cm³/mol. The molecule has 42 heavy (non-hydrogen) atoms. The first-order valence-electron chi connectivity index (χ1n) is 12.0. The lowest BCUT2D eigenvalue weighted by Gasteiger charge is -2.16. The molecule has 6 rings (SSSR count). The van der Waals surface area contributed by atoms with Gasteiger partial charge in [0, 0.05) is 10.9 Å². The number of benzene rings is 3. The Bertz CT molecular complexity index is 1850. The standard InChI is InChI=1S/C27H16F4N6O4S/c28-19-12-15(24-32-14-36(35-24)16-5-7-17(8-6-16)41-27(29,30)31)4-9-20(19)33-25(39)34-26-37(23(38)13-42-26)21-2-1-3-22-18(21)10-11-40-22/h1-12,14H,13H2,(H,33,39). The van der Waals surface area contributed by atoms with Crippen LogP contribution in [0.3, 0.4) is 0 Å². The van der Waals surface area contributed by atoms with E-state index in [9.17, 15) is 27.2 Å². The Kier molecular flexibility index (Phi) is 6.86. The number of aromatic nitrogens is 3. The van der Waals surface area contributed by atoms with E-state index in [2.05, 4.69) is 25.1 Å². The van der Waals surface area contributed by atoms with Crippen molar-refractivity contribution in [2.24, 2.45) is 4.99 Å². The Labute approximate surface area is 237 Å². The summed E-state index contributed by atoms with van der Waals surface area (Å²) in [6, 6.07) is 14.9. The van der Waals surface area contributed by atoms with Gasteiger partial charge >= 0.3 is 12.4 Å². The number of carbonyl (C=O) groups excluding carboxylic acids is 2. The first-order chi connectivity index (χ1) is 20.1. The summed E-state index contributed by atoms with van der Waals surface area (Å²) >= 11 is 1.08. The number of furan rings is 1. The third kappa shape index (κ3) is 5.54. The molecule has 0 atom stereocenters. The zero-order chi connectivity index (χ0) is 29.4. The van der Waals surface area contributed by atoms with Gasteiger partial charge in [-0.15, -0.1) is 18.3 Å². The molecule has 3 amide bonds. The molecular formula is C27H16F4N6O4S. The molecule has 2 aromatic heterocycles. The number of hydrogen-bond acceptors (Lipinski definition) is 7. The van der Waals surface area contributed by atoms with E-state index < -0.39 is 24.0 Å². The molecule has 212 valence electrons. The molecule has 1 aliphatic heterocycles. The summed E-state index contributed by atoms with van der Waals surface area (Å²) in [4.78, 5) is 34.8. The first-order valence-corrected chi connectivity index (χ1v) is 13.0. The van der Waals surface area contributed by atoms with Crippen molar-refractivity contribution in [1.29, 1.82) is 0 Å². The van der Waals surface area contributed by atoms with Gasteiger partial charge in [-0.1, -0.05) is 17.8 Å². The van der Waals surface area contributed by atoms with Crippen LogP contribution < -0.4 is 15.0 Å². The zero-order valence-electron chi connectivity index (χ0n) is 21.0. The van der Waals surface area contributed by atoms with E-state index >= 15 is 0 Å². The average molecular weight is 597 g/mol. The topological polar surface area (TPSA) is 115 Å². The van der Waals surface area contributed by atoms with E-state index in [4.69, 9.17) is 4.42 Å². The van der Waals surface area contributed by atoms with Gasteiger partial charge in [-0.3, -0.25) is 9.69 Å². The Morgan fingerprint density at radius 3 is 2.67 bits per heavy atom. The number of ether oxygens (including phenoxy) is 1. The largest absolute Gasteiger partial charge is 0.573 e. The van der Waals surface area contributed by atoms with Crippen LogP contribution in [0.15, 0.2) is 88.7 Å². The van der Waals surface area contributed by atoms with Crippen LogP contribution in [0.1, 0.15) is 0 Å². The monoisotopic (exact) mass is 596 g/mol. The number of halogens is 4. The fourth-order valence-electron chi connectivity index (χ4n) is 4.16. The maximum absolute atomic E-state index is 15.0. The molecule has 0 spiro atoms. The lowest BCUT2D eigenvalue weighted by Crippen LogP contribution is -2.30. The second-order valence-corrected chi connectivity index (χ2v) is 9.64. The number of aliphatic imine (C=N–C) groups is 1. The molecule has 3 heterocycles.